The molecule has 0 fully saturated rings. The predicted molar refractivity (Wildman–Crippen MR) is 123 cm³/mol. The zero-order chi connectivity index (χ0) is 43.3. The number of aliphatic carboxylic acids is 1. The molecular formula is C23H24F25N2O3+. The Labute approximate surface area is 278 Å². The summed E-state index contributed by atoms with van der Waals surface area (Å²) in [4.78, 5) is 10.6. The Morgan fingerprint density at radius 1 is 0.528 bits per heavy atom. The number of carbonyl (C=O) groups is 1. The normalized spacial score (nSPS) is 16.6. The van der Waals surface area contributed by atoms with E-state index in [4.69, 9.17) is 5.11 Å². The lowest BCUT2D eigenvalue weighted by Crippen LogP contribution is -2.78. The second-order valence-corrected chi connectivity index (χ2v) is 11.9. The molecule has 3 N–H and O–H groups in total. The summed E-state index contributed by atoms with van der Waals surface area (Å²) in [6.07, 6.45) is -15.0. The largest absolute Gasteiger partial charge is 0.481 e. The Hall–Kier alpha value is -2.40. The highest BCUT2D eigenvalue weighted by Crippen LogP contribution is 2.67. The number of carboxylic acid groups (broad SMARTS) is 1. The first-order valence-corrected chi connectivity index (χ1v) is 13.4. The van der Waals surface area contributed by atoms with Crippen LogP contribution in [0, 0.1) is 0 Å². The minimum atomic E-state index is -9.65. The molecule has 53 heavy (non-hydrogen) atoms. The summed E-state index contributed by atoms with van der Waals surface area (Å²) in [7, 11) is 2.94. The van der Waals surface area contributed by atoms with E-state index in [0.717, 1.165) is 0 Å². The third-order valence-corrected chi connectivity index (χ3v) is 7.28. The summed E-state index contributed by atoms with van der Waals surface area (Å²) < 4.78 is 339. The van der Waals surface area contributed by atoms with Crippen LogP contribution < -0.4 is 5.32 Å². The van der Waals surface area contributed by atoms with E-state index in [0.29, 0.717) is 0 Å². The van der Waals surface area contributed by atoms with Gasteiger partial charge in [0, 0.05) is 25.9 Å². The van der Waals surface area contributed by atoms with Gasteiger partial charge in [-0.1, -0.05) is 0 Å². The van der Waals surface area contributed by atoms with Gasteiger partial charge in [-0.2, -0.15) is 110 Å². The van der Waals surface area contributed by atoms with Crippen molar-refractivity contribution >= 4 is 5.97 Å². The van der Waals surface area contributed by atoms with Crippen LogP contribution in [0.15, 0.2) is 0 Å². The van der Waals surface area contributed by atoms with Crippen molar-refractivity contribution in [3.63, 3.8) is 0 Å². The van der Waals surface area contributed by atoms with Gasteiger partial charge in [0.15, 0.2) is 0 Å². The summed E-state index contributed by atoms with van der Waals surface area (Å²) in [6.45, 7) is -1.72. The summed E-state index contributed by atoms with van der Waals surface area (Å²) in [5.41, 5.74) is 0. The van der Waals surface area contributed by atoms with Crippen molar-refractivity contribution in [2.24, 2.45) is 0 Å². The number of hydrogen-bond donors (Lipinski definition) is 3. The number of nitrogens with zero attached hydrogens (tertiary/aromatic N) is 1. The molecule has 0 aliphatic heterocycles. The number of aliphatic hydroxyl groups excluding tert-OH is 1. The number of carboxylic acids is 1. The first kappa shape index (κ1) is 50.6. The average molecular weight is 851 g/mol. The molecule has 0 aliphatic carbocycles. The number of nitrogens with one attached hydrogen (secondary N) is 1. The van der Waals surface area contributed by atoms with Crippen molar-refractivity contribution in [3.05, 3.63) is 0 Å². The van der Waals surface area contributed by atoms with Gasteiger partial charge in [-0.05, 0) is 0 Å². The first-order valence-electron chi connectivity index (χ1n) is 13.4. The van der Waals surface area contributed by atoms with Crippen molar-refractivity contribution in [2.45, 2.75) is 96.7 Å². The van der Waals surface area contributed by atoms with Gasteiger partial charge in [-0.25, -0.2) is 0 Å². The van der Waals surface area contributed by atoms with Crippen LogP contribution in [0.2, 0.25) is 0 Å². The number of hydrogen-bond acceptors (Lipinski definition) is 3. The third-order valence-electron chi connectivity index (χ3n) is 7.28. The summed E-state index contributed by atoms with van der Waals surface area (Å²) in [5.74, 6) is -100. The molecule has 30 heteroatoms. The molecule has 0 aromatic rings. The van der Waals surface area contributed by atoms with E-state index in [2.05, 4.69) is 0 Å². The third kappa shape index (κ3) is 8.27. The van der Waals surface area contributed by atoms with Gasteiger partial charge in [-0.3, -0.25) is 4.79 Å². The van der Waals surface area contributed by atoms with Gasteiger partial charge < -0.3 is 20.0 Å². The summed E-state index contributed by atoms with van der Waals surface area (Å²) in [6, 6.07) is 0. The van der Waals surface area contributed by atoms with Crippen LogP contribution in [-0.2, 0) is 4.79 Å². The monoisotopic (exact) mass is 851 g/mol. The van der Waals surface area contributed by atoms with Gasteiger partial charge in [0.05, 0.1) is 39.7 Å². The lowest BCUT2D eigenvalue weighted by Gasteiger charge is -2.45. The van der Waals surface area contributed by atoms with Gasteiger partial charge in [0.1, 0.15) is 0 Å². The quantitative estimate of drug-likeness (QED) is 0.0627. The van der Waals surface area contributed by atoms with Crippen LogP contribution in [0.4, 0.5) is 110 Å². The zero-order valence-electron chi connectivity index (χ0n) is 25.7. The summed E-state index contributed by atoms with van der Waals surface area (Å²) >= 11 is 0. The second kappa shape index (κ2) is 14.6. The molecule has 0 spiro atoms. The fourth-order valence-corrected chi connectivity index (χ4v) is 3.89. The van der Waals surface area contributed by atoms with Crippen LogP contribution in [0.25, 0.3) is 0 Å². The maximum atomic E-state index is 14.1. The van der Waals surface area contributed by atoms with Crippen molar-refractivity contribution in [1.82, 2.24) is 5.32 Å². The van der Waals surface area contributed by atoms with E-state index >= 15 is 0 Å². The van der Waals surface area contributed by atoms with Crippen molar-refractivity contribution < 1.29 is 129 Å². The Balaban J connectivity index is 6.53. The number of rotatable bonds is 21. The maximum Gasteiger partial charge on any atom is 0.460 e. The highest BCUT2D eigenvalue weighted by atomic mass is 19.4. The van der Waals surface area contributed by atoms with Gasteiger partial charge in [0.25, 0.3) is 0 Å². The summed E-state index contributed by atoms with van der Waals surface area (Å²) in [5, 5.41) is 20.1. The molecule has 0 aromatic heterocycles. The zero-order valence-corrected chi connectivity index (χ0v) is 25.7. The van der Waals surface area contributed by atoms with Crippen LogP contribution in [0.5, 0.6) is 0 Å². The van der Waals surface area contributed by atoms with Crippen LogP contribution in [0.3, 0.4) is 0 Å². The van der Waals surface area contributed by atoms with E-state index in [1.165, 1.54) is 14.1 Å². The smallest absolute Gasteiger partial charge is 0.460 e. The van der Waals surface area contributed by atoms with Gasteiger partial charge >= 0.3 is 77.3 Å². The highest BCUT2D eigenvalue weighted by Gasteiger charge is 2.99. The lowest BCUT2D eigenvalue weighted by atomic mass is 9.84. The van der Waals surface area contributed by atoms with Gasteiger partial charge in [0.2, 0.25) is 0 Å². The molecule has 0 radical (unpaired) electrons. The van der Waals surface area contributed by atoms with E-state index in [1.54, 1.807) is 0 Å². The Kier molecular flexibility index (Phi) is 13.9. The molecule has 0 saturated heterocycles. The lowest BCUT2D eigenvalue weighted by molar-refractivity contribution is -0.889. The topological polar surface area (TPSA) is 69.6 Å². The number of halogens is 25. The van der Waals surface area contributed by atoms with Crippen LogP contribution in [-0.4, -0.2) is 138 Å². The molecule has 0 bridgehead atoms. The first-order chi connectivity index (χ1) is 22.8. The molecule has 5 nitrogen and oxygen atoms in total. The van der Waals surface area contributed by atoms with E-state index in [-0.39, 0.29) is 30.4 Å². The molecule has 0 amide bonds. The SMILES string of the molecule is C[N+](C)(CCCNCC(O)CC(F)(F)C(F)(F)C(F)(F)C(F)(F)C(F)(F)C(F)(F)C(F)(F)C(F)(F)C(F)(F)C(F)(F)C(F)(F)C(F)(F)F)CCC(=O)O. The van der Waals surface area contributed by atoms with E-state index < -0.39 is 103 Å². The molecule has 0 aliphatic rings. The number of aliphatic hydroxyl groups is 1. The minimum Gasteiger partial charge on any atom is -0.481 e. The maximum absolute atomic E-state index is 14.1. The molecule has 1 atom stereocenters. The highest BCUT2D eigenvalue weighted by molar-refractivity contribution is 5.66. The van der Waals surface area contributed by atoms with Gasteiger partial charge in [-0.15, -0.1) is 0 Å². The predicted octanol–water partition coefficient (Wildman–Crippen LogP) is 7.82. The number of quaternary nitrogens is 1. The Morgan fingerprint density at radius 2 is 0.830 bits per heavy atom. The Morgan fingerprint density at radius 3 is 1.13 bits per heavy atom. The fourth-order valence-electron chi connectivity index (χ4n) is 3.89. The molecule has 0 saturated carbocycles. The van der Waals surface area contributed by atoms with E-state index in [9.17, 15) is 120 Å². The van der Waals surface area contributed by atoms with Crippen molar-refractivity contribution in [2.75, 3.05) is 40.3 Å². The molecule has 0 rings (SSSR count). The molecular weight excluding hydrogens is 827 g/mol. The minimum absolute atomic E-state index is 0.00640. The van der Waals surface area contributed by atoms with Crippen molar-refractivity contribution in [1.29, 1.82) is 0 Å². The molecule has 0 heterocycles. The standard InChI is InChI=1S/C23H23F25N2O3/c1-50(2,7-4-11(52)53)6-3-5-49-9-10(51)8-12(24,25)13(26,27)14(28,29)15(30,31)16(32,33)17(34,35)18(36,37)19(38,39)20(40,41)21(42,43)22(44,45)23(46,47)48/h10,49,51H,3-9H2,1-2H3/p+1. The van der Waals surface area contributed by atoms with E-state index in [1.807, 2.05) is 5.32 Å². The molecule has 0 aromatic carbocycles. The molecule has 1 unspecified atom stereocenters. The number of alkyl halides is 25. The van der Waals surface area contributed by atoms with Crippen molar-refractivity contribution in [3.8, 4) is 0 Å². The second-order valence-electron chi connectivity index (χ2n) is 11.9. The average Bonchev–Trinajstić information content (AvgIpc) is 2.93. The van der Waals surface area contributed by atoms with Crippen LogP contribution in [0.1, 0.15) is 19.3 Å². The Bertz CT molecular complexity index is 1260. The fraction of sp³-hybridized carbons (Fsp3) is 0.957. The molecule has 318 valence electrons. The van der Waals surface area contributed by atoms with Crippen LogP contribution >= 0.6 is 0 Å².